The number of carboxylic acids is 1. The third kappa shape index (κ3) is 3.27. The monoisotopic (exact) mass is 393 g/mol. The molecule has 4 rings (SSSR count). The number of carboxylic acid groups (broad SMARTS) is 1. The zero-order chi connectivity index (χ0) is 19.7. The molecule has 0 unspecified atom stereocenters. The van der Waals surface area contributed by atoms with E-state index in [1.807, 2.05) is 31.2 Å². The molecule has 0 atom stereocenters. The van der Waals surface area contributed by atoms with E-state index in [9.17, 15) is 14.7 Å². The molecule has 0 bridgehead atoms. The number of benzene rings is 2. The van der Waals surface area contributed by atoms with E-state index in [1.54, 1.807) is 6.07 Å². The lowest BCUT2D eigenvalue weighted by molar-refractivity contribution is 0.0698. The first kappa shape index (κ1) is 18.3. The molecule has 142 valence electrons. The molecule has 2 aromatic carbocycles. The number of amides is 1. The number of thiophene rings is 1. The molecule has 3 aromatic rings. The number of aromatic carboxylic acids is 1. The molecular weight excluding hydrogens is 374 g/mol. The molecule has 0 spiro atoms. The van der Waals surface area contributed by atoms with Gasteiger partial charge in [-0.05, 0) is 34.7 Å². The zero-order valence-corrected chi connectivity index (χ0v) is 16.1. The largest absolute Gasteiger partial charge is 0.478 e. The number of hydrogen-bond donors (Lipinski definition) is 2. The Morgan fingerprint density at radius 3 is 2.25 bits per heavy atom. The number of carbonyl (C=O) groups excluding carboxylic acids is 1. The molecule has 28 heavy (non-hydrogen) atoms. The van der Waals surface area contributed by atoms with Gasteiger partial charge >= 0.3 is 12.1 Å². The van der Waals surface area contributed by atoms with Crippen LogP contribution in [-0.2, 0) is 11.2 Å². The predicted molar refractivity (Wildman–Crippen MR) is 109 cm³/mol. The fourth-order valence-electron chi connectivity index (χ4n) is 3.60. The Kier molecular flexibility index (Phi) is 4.88. The van der Waals surface area contributed by atoms with Gasteiger partial charge in [-0.3, -0.25) is 5.32 Å². The van der Waals surface area contributed by atoms with Crippen LogP contribution >= 0.6 is 11.3 Å². The minimum atomic E-state index is -1.06. The second-order valence-corrected chi connectivity index (χ2v) is 7.70. The summed E-state index contributed by atoms with van der Waals surface area (Å²) in [6.07, 6.45) is 0.0611. The van der Waals surface area contributed by atoms with Crippen molar-refractivity contribution in [2.75, 3.05) is 11.9 Å². The average Bonchev–Trinajstić information content (AvgIpc) is 3.25. The molecule has 1 amide bonds. The lowest BCUT2D eigenvalue weighted by Crippen LogP contribution is -2.18. The summed E-state index contributed by atoms with van der Waals surface area (Å²) in [7, 11) is 0. The molecule has 0 fully saturated rings. The number of nitrogens with one attached hydrogen (secondary N) is 1. The molecule has 0 aliphatic heterocycles. The summed E-state index contributed by atoms with van der Waals surface area (Å²) >= 11 is 1.26. The van der Waals surface area contributed by atoms with Crippen LogP contribution in [0.15, 0.2) is 54.6 Å². The third-order valence-corrected chi connectivity index (χ3v) is 6.12. The van der Waals surface area contributed by atoms with E-state index in [1.165, 1.54) is 11.3 Å². The van der Waals surface area contributed by atoms with Crippen molar-refractivity contribution < 1.29 is 19.4 Å². The molecule has 1 aliphatic rings. The van der Waals surface area contributed by atoms with Crippen LogP contribution in [-0.4, -0.2) is 23.8 Å². The molecule has 0 saturated heterocycles. The Morgan fingerprint density at radius 1 is 1.07 bits per heavy atom. The van der Waals surface area contributed by atoms with Crippen molar-refractivity contribution in [3.05, 3.63) is 76.2 Å². The molecule has 1 aromatic heterocycles. The van der Waals surface area contributed by atoms with Gasteiger partial charge in [-0.2, -0.15) is 0 Å². The van der Waals surface area contributed by atoms with Gasteiger partial charge < -0.3 is 9.84 Å². The standard InChI is InChI=1S/C22H19NO4S/c1-2-13-11-18(21(24)25)20(28-13)23-22(26)27-12-19-16-9-5-3-7-14(16)15-8-4-6-10-17(15)19/h3-11,19H,2,12H2,1H3,(H,23,26)(H,24,25). The van der Waals surface area contributed by atoms with Crippen LogP contribution in [0.5, 0.6) is 0 Å². The highest BCUT2D eigenvalue weighted by atomic mass is 32.1. The van der Waals surface area contributed by atoms with Crippen molar-refractivity contribution in [3.8, 4) is 11.1 Å². The second kappa shape index (κ2) is 7.48. The summed E-state index contributed by atoms with van der Waals surface area (Å²) in [5.74, 6) is -1.10. The van der Waals surface area contributed by atoms with E-state index in [-0.39, 0.29) is 18.1 Å². The van der Waals surface area contributed by atoms with Crippen molar-refractivity contribution >= 4 is 28.4 Å². The molecule has 0 radical (unpaired) electrons. The van der Waals surface area contributed by atoms with Crippen molar-refractivity contribution in [1.82, 2.24) is 0 Å². The molecule has 0 saturated carbocycles. The van der Waals surface area contributed by atoms with Gasteiger partial charge in [-0.15, -0.1) is 11.3 Å². The summed E-state index contributed by atoms with van der Waals surface area (Å²) < 4.78 is 5.48. The first-order valence-corrected chi connectivity index (χ1v) is 9.88. The second-order valence-electron chi connectivity index (χ2n) is 6.56. The molecule has 2 N–H and O–H groups in total. The van der Waals surface area contributed by atoms with Gasteiger partial charge in [0.2, 0.25) is 0 Å². The molecular formula is C22H19NO4S. The maximum Gasteiger partial charge on any atom is 0.412 e. The van der Waals surface area contributed by atoms with Gasteiger partial charge in [0, 0.05) is 10.8 Å². The molecule has 6 heteroatoms. The van der Waals surface area contributed by atoms with Crippen LogP contribution in [0, 0.1) is 0 Å². The maximum atomic E-state index is 12.3. The van der Waals surface area contributed by atoms with Gasteiger partial charge in [0.1, 0.15) is 11.6 Å². The number of anilines is 1. The van der Waals surface area contributed by atoms with Gasteiger partial charge in [0.15, 0.2) is 0 Å². The van der Waals surface area contributed by atoms with E-state index in [4.69, 9.17) is 4.74 Å². The number of aryl methyl sites for hydroxylation is 1. The van der Waals surface area contributed by atoms with Gasteiger partial charge in [0.05, 0.1) is 5.56 Å². The number of ether oxygens (including phenoxy) is 1. The summed E-state index contributed by atoms with van der Waals surface area (Å²) in [6, 6.07) is 17.8. The highest BCUT2D eigenvalue weighted by Crippen LogP contribution is 2.44. The van der Waals surface area contributed by atoms with Crippen LogP contribution in [0.2, 0.25) is 0 Å². The highest BCUT2D eigenvalue weighted by Gasteiger charge is 2.29. The fourth-order valence-corrected chi connectivity index (χ4v) is 4.57. The summed E-state index contributed by atoms with van der Waals surface area (Å²) in [4.78, 5) is 24.6. The summed E-state index contributed by atoms with van der Waals surface area (Å²) in [5.41, 5.74) is 4.67. The van der Waals surface area contributed by atoms with Crippen LogP contribution in [0.1, 0.15) is 39.2 Å². The van der Waals surface area contributed by atoms with Crippen molar-refractivity contribution in [2.24, 2.45) is 0 Å². The molecule has 1 aliphatic carbocycles. The van der Waals surface area contributed by atoms with Gasteiger partial charge in [0.25, 0.3) is 0 Å². The zero-order valence-electron chi connectivity index (χ0n) is 15.3. The first-order chi connectivity index (χ1) is 13.6. The fraction of sp³-hybridized carbons (Fsp3) is 0.182. The Labute approximate surface area is 166 Å². The van der Waals surface area contributed by atoms with E-state index < -0.39 is 12.1 Å². The van der Waals surface area contributed by atoms with E-state index in [2.05, 4.69) is 29.6 Å². The number of carbonyl (C=O) groups is 2. The van der Waals surface area contributed by atoms with Gasteiger partial charge in [-0.1, -0.05) is 55.5 Å². The van der Waals surface area contributed by atoms with E-state index in [0.29, 0.717) is 11.4 Å². The van der Waals surface area contributed by atoms with E-state index in [0.717, 1.165) is 27.1 Å². The summed E-state index contributed by atoms with van der Waals surface area (Å²) in [5, 5.41) is 12.2. The number of fused-ring (bicyclic) bond motifs is 3. The van der Waals surface area contributed by atoms with Gasteiger partial charge in [-0.25, -0.2) is 9.59 Å². The lowest BCUT2D eigenvalue weighted by atomic mass is 9.98. The number of hydrogen-bond acceptors (Lipinski definition) is 4. The number of rotatable bonds is 5. The van der Waals surface area contributed by atoms with Crippen molar-refractivity contribution in [1.29, 1.82) is 0 Å². The van der Waals surface area contributed by atoms with E-state index >= 15 is 0 Å². The highest BCUT2D eigenvalue weighted by molar-refractivity contribution is 7.16. The van der Waals surface area contributed by atoms with Crippen molar-refractivity contribution in [3.63, 3.8) is 0 Å². The molecule has 5 nitrogen and oxygen atoms in total. The van der Waals surface area contributed by atoms with Crippen LogP contribution in [0.25, 0.3) is 11.1 Å². The normalized spacial score (nSPS) is 12.3. The minimum absolute atomic E-state index is 0.0355. The smallest absolute Gasteiger partial charge is 0.412 e. The van der Waals surface area contributed by atoms with Crippen LogP contribution in [0.3, 0.4) is 0 Å². The average molecular weight is 393 g/mol. The Bertz CT molecular complexity index is 1010. The summed E-state index contributed by atoms with van der Waals surface area (Å²) in [6.45, 7) is 2.13. The predicted octanol–water partition coefficient (Wildman–Crippen LogP) is 5.37. The Hall–Kier alpha value is -3.12. The third-order valence-electron chi connectivity index (χ3n) is 4.92. The first-order valence-electron chi connectivity index (χ1n) is 9.06. The Balaban J connectivity index is 1.50. The minimum Gasteiger partial charge on any atom is -0.478 e. The van der Waals surface area contributed by atoms with Crippen molar-refractivity contribution in [2.45, 2.75) is 19.3 Å². The lowest BCUT2D eigenvalue weighted by Gasteiger charge is -2.14. The SMILES string of the molecule is CCc1cc(C(=O)O)c(NC(=O)OCC2c3ccccc3-c3ccccc32)s1. The maximum absolute atomic E-state index is 12.3. The Morgan fingerprint density at radius 2 is 1.68 bits per heavy atom. The van der Waals surface area contributed by atoms with Crippen LogP contribution < -0.4 is 5.32 Å². The quantitative estimate of drug-likeness (QED) is 0.611. The van der Waals surface area contributed by atoms with Crippen LogP contribution in [0.4, 0.5) is 9.80 Å². The molecule has 1 heterocycles. The topological polar surface area (TPSA) is 75.6 Å².